The molecule has 0 aromatic heterocycles. The number of fused-ring (bicyclic) bond motifs is 2. The zero-order valence-corrected chi connectivity index (χ0v) is 15.0. The maximum Gasteiger partial charge on any atom is 0.411 e. The molecule has 1 saturated heterocycles. The van der Waals surface area contributed by atoms with Crippen LogP contribution in [0.4, 0.5) is 13.6 Å². The van der Waals surface area contributed by atoms with Gasteiger partial charge in [-0.3, -0.25) is 4.90 Å². The molecule has 0 spiro atoms. The maximum absolute atomic E-state index is 13.4. The smallest absolute Gasteiger partial charge is 0.411 e. The number of hydrogen-bond donors (Lipinski definition) is 0. The summed E-state index contributed by atoms with van der Waals surface area (Å²) in [4.78, 5) is 14.4. The zero-order valence-electron chi connectivity index (χ0n) is 15.0. The number of nitrogens with zero attached hydrogens (tertiary/aromatic N) is 1. The molecule has 0 N–H and O–H groups in total. The summed E-state index contributed by atoms with van der Waals surface area (Å²) in [6, 6.07) is 3.75. The van der Waals surface area contributed by atoms with Crippen molar-refractivity contribution >= 4 is 6.09 Å². The molecule has 1 aromatic rings. The van der Waals surface area contributed by atoms with Crippen molar-refractivity contribution in [3.05, 3.63) is 47.0 Å². The van der Waals surface area contributed by atoms with Gasteiger partial charge in [0.25, 0.3) is 0 Å². The highest BCUT2D eigenvalue weighted by Gasteiger charge is 2.39. The highest BCUT2D eigenvalue weighted by molar-refractivity contribution is 5.70. The Bertz CT molecular complexity index is 673. The zero-order chi connectivity index (χ0) is 18.2. The average Bonchev–Trinajstić information content (AvgIpc) is 2.43. The summed E-state index contributed by atoms with van der Waals surface area (Å²) in [7, 11) is 0. The molecule has 1 amide bonds. The highest BCUT2D eigenvalue weighted by atomic mass is 19.1. The number of carbonyl (C=O) groups is 1. The Morgan fingerprint density at radius 3 is 2.48 bits per heavy atom. The number of benzene rings is 1. The van der Waals surface area contributed by atoms with Crippen molar-refractivity contribution in [2.24, 2.45) is 0 Å². The van der Waals surface area contributed by atoms with Crippen LogP contribution in [0.25, 0.3) is 0 Å². The van der Waals surface area contributed by atoms with Crippen LogP contribution in [0.15, 0.2) is 29.8 Å². The number of halogens is 2. The van der Waals surface area contributed by atoms with Gasteiger partial charge in [0.2, 0.25) is 0 Å². The summed E-state index contributed by atoms with van der Waals surface area (Å²) >= 11 is 0. The van der Waals surface area contributed by atoms with E-state index in [1.807, 2.05) is 25.7 Å². The average molecular weight is 349 g/mol. The summed E-state index contributed by atoms with van der Waals surface area (Å²) in [5.74, 6) is -1.11. The lowest BCUT2D eigenvalue weighted by Gasteiger charge is -2.45. The standard InChI is InChI=1S/C20H25F2NO2/c1-20(2,3)25-19(24)23-17-5-4-6-18(23)11-14(10-17)7-13-8-15(21)12-16(22)9-13/h8-10,12,17-18H,4-7,11H2,1-3H3. The van der Waals surface area contributed by atoms with Crippen LogP contribution in [0.5, 0.6) is 0 Å². The summed E-state index contributed by atoms with van der Waals surface area (Å²) in [5, 5.41) is 0. The fraction of sp³-hybridized carbons (Fsp3) is 0.550. The van der Waals surface area contributed by atoms with Crippen molar-refractivity contribution in [1.82, 2.24) is 4.90 Å². The Morgan fingerprint density at radius 2 is 1.88 bits per heavy atom. The number of rotatable bonds is 2. The van der Waals surface area contributed by atoms with Gasteiger partial charge in [-0.15, -0.1) is 0 Å². The van der Waals surface area contributed by atoms with Gasteiger partial charge in [0.15, 0.2) is 0 Å². The molecule has 2 aliphatic rings. The molecular formula is C20H25F2NO2. The molecule has 0 aliphatic carbocycles. The van der Waals surface area contributed by atoms with E-state index in [1.54, 1.807) is 0 Å². The summed E-state index contributed by atoms with van der Waals surface area (Å²) in [5.41, 5.74) is 1.25. The Labute approximate surface area is 147 Å². The second kappa shape index (κ2) is 6.77. The molecule has 2 aliphatic heterocycles. The molecule has 5 heteroatoms. The van der Waals surface area contributed by atoms with E-state index in [-0.39, 0.29) is 18.2 Å². The third-order valence-electron chi connectivity index (χ3n) is 4.67. The predicted molar refractivity (Wildman–Crippen MR) is 92.3 cm³/mol. The quantitative estimate of drug-likeness (QED) is 0.704. The molecule has 3 rings (SSSR count). The van der Waals surface area contributed by atoms with Gasteiger partial charge < -0.3 is 4.74 Å². The van der Waals surface area contributed by atoms with Gasteiger partial charge in [0.05, 0.1) is 6.04 Å². The van der Waals surface area contributed by atoms with E-state index in [1.165, 1.54) is 12.1 Å². The van der Waals surface area contributed by atoms with E-state index in [9.17, 15) is 13.6 Å². The SMILES string of the molecule is CC(C)(C)OC(=O)N1C2C=C(Cc3cc(F)cc(F)c3)CC1CCC2. The van der Waals surface area contributed by atoms with E-state index in [0.717, 1.165) is 37.3 Å². The lowest BCUT2D eigenvalue weighted by Crippen LogP contribution is -2.53. The second-order valence-electron chi connectivity index (χ2n) is 8.02. The molecule has 1 fully saturated rings. The monoisotopic (exact) mass is 349 g/mol. The molecular weight excluding hydrogens is 324 g/mol. The van der Waals surface area contributed by atoms with Crippen LogP contribution in [0.2, 0.25) is 0 Å². The molecule has 0 radical (unpaired) electrons. The van der Waals surface area contributed by atoms with E-state index < -0.39 is 17.2 Å². The minimum Gasteiger partial charge on any atom is -0.444 e. The molecule has 2 atom stereocenters. The van der Waals surface area contributed by atoms with Crippen molar-refractivity contribution in [1.29, 1.82) is 0 Å². The number of hydrogen-bond acceptors (Lipinski definition) is 2. The summed E-state index contributed by atoms with van der Waals surface area (Å²) in [6.45, 7) is 5.60. The van der Waals surface area contributed by atoms with E-state index in [2.05, 4.69) is 6.08 Å². The van der Waals surface area contributed by atoms with Crippen LogP contribution in [0, 0.1) is 11.6 Å². The number of amides is 1. The normalized spacial score (nSPS) is 23.2. The number of ether oxygens (including phenoxy) is 1. The van der Waals surface area contributed by atoms with Crippen LogP contribution >= 0.6 is 0 Å². The minimum atomic E-state index is -0.554. The Morgan fingerprint density at radius 1 is 1.20 bits per heavy atom. The van der Waals surface area contributed by atoms with Crippen molar-refractivity contribution < 1.29 is 18.3 Å². The third-order valence-corrected chi connectivity index (χ3v) is 4.67. The predicted octanol–water partition coefficient (Wildman–Crippen LogP) is 5.00. The van der Waals surface area contributed by atoms with Crippen LogP contribution in [-0.4, -0.2) is 28.7 Å². The van der Waals surface area contributed by atoms with Gasteiger partial charge in [-0.05, 0) is 70.6 Å². The lowest BCUT2D eigenvalue weighted by atomic mass is 9.83. The van der Waals surface area contributed by atoms with Crippen molar-refractivity contribution in [2.45, 2.75) is 70.6 Å². The van der Waals surface area contributed by atoms with Crippen LogP contribution < -0.4 is 0 Å². The molecule has 2 unspecified atom stereocenters. The molecule has 0 saturated carbocycles. The Kier molecular flexibility index (Phi) is 4.85. The Hall–Kier alpha value is -1.91. The van der Waals surface area contributed by atoms with Gasteiger partial charge in [-0.25, -0.2) is 13.6 Å². The first-order valence-electron chi connectivity index (χ1n) is 8.87. The molecule has 2 heterocycles. The summed E-state index contributed by atoms with van der Waals surface area (Å²) in [6.07, 6.45) is 5.98. The maximum atomic E-state index is 13.4. The van der Waals surface area contributed by atoms with Crippen LogP contribution in [0.1, 0.15) is 52.0 Å². The highest BCUT2D eigenvalue weighted by Crippen LogP contribution is 2.35. The molecule has 3 nitrogen and oxygen atoms in total. The van der Waals surface area contributed by atoms with Gasteiger partial charge in [-0.1, -0.05) is 11.6 Å². The van der Waals surface area contributed by atoms with Crippen molar-refractivity contribution in [3.63, 3.8) is 0 Å². The lowest BCUT2D eigenvalue weighted by molar-refractivity contribution is -0.00149. The van der Waals surface area contributed by atoms with Gasteiger partial charge >= 0.3 is 6.09 Å². The van der Waals surface area contributed by atoms with Crippen LogP contribution in [-0.2, 0) is 11.2 Å². The van der Waals surface area contributed by atoms with E-state index in [0.29, 0.717) is 12.0 Å². The third kappa shape index (κ3) is 4.39. The van der Waals surface area contributed by atoms with E-state index in [4.69, 9.17) is 4.74 Å². The Balaban J connectivity index is 1.78. The molecule has 136 valence electrons. The fourth-order valence-corrected chi connectivity index (χ4v) is 3.82. The first kappa shape index (κ1) is 17.9. The fourth-order valence-electron chi connectivity index (χ4n) is 3.82. The number of piperidine rings is 1. The largest absolute Gasteiger partial charge is 0.444 e. The first-order chi connectivity index (χ1) is 11.7. The van der Waals surface area contributed by atoms with Crippen LogP contribution in [0.3, 0.4) is 0 Å². The van der Waals surface area contributed by atoms with E-state index >= 15 is 0 Å². The number of carbonyl (C=O) groups excluding carboxylic acids is 1. The molecule has 25 heavy (non-hydrogen) atoms. The minimum absolute atomic E-state index is 0.00996. The molecule has 2 bridgehead atoms. The van der Waals surface area contributed by atoms with Crippen molar-refractivity contribution in [3.8, 4) is 0 Å². The topological polar surface area (TPSA) is 29.5 Å². The van der Waals surface area contributed by atoms with Crippen molar-refractivity contribution in [2.75, 3.05) is 0 Å². The first-order valence-corrected chi connectivity index (χ1v) is 8.87. The van der Waals surface area contributed by atoms with Gasteiger partial charge in [0, 0.05) is 12.1 Å². The second-order valence-corrected chi connectivity index (χ2v) is 8.02. The van der Waals surface area contributed by atoms with Gasteiger partial charge in [0.1, 0.15) is 17.2 Å². The molecule has 1 aromatic carbocycles. The summed E-state index contributed by atoms with van der Waals surface area (Å²) < 4.78 is 32.4. The van der Waals surface area contributed by atoms with Gasteiger partial charge in [-0.2, -0.15) is 0 Å².